The monoisotopic (exact) mass is 526 g/mol. The average molecular weight is 527 g/mol. The zero-order valence-electron chi connectivity index (χ0n) is 19.5. The van der Waals surface area contributed by atoms with E-state index in [4.69, 9.17) is 18.9 Å². The Kier molecular flexibility index (Phi) is 7.29. The van der Waals surface area contributed by atoms with E-state index in [9.17, 15) is 4.79 Å². The van der Waals surface area contributed by atoms with Crippen LogP contribution in [0.15, 0.2) is 65.1 Å². The Morgan fingerprint density at radius 1 is 0.912 bits per heavy atom. The number of carbonyl (C=O) groups is 1. The minimum atomic E-state index is -0.383. The van der Waals surface area contributed by atoms with Crippen LogP contribution in [0.25, 0.3) is 0 Å². The van der Waals surface area contributed by atoms with Crippen LogP contribution in [0.5, 0.6) is 17.2 Å². The molecule has 0 saturated heterocycles. The number of benzene rings is 3. The first-order valence-electron chi connectivity index (χ1n) is 10.7. The van der Waals surface area contributed by atoms with Gasteiger partial charge >= 0.3 is 5.97 Å². The van der Waals surface area contributed by atoms with Gasteiger partial charge in [-0.05, 0) is 47.0 Å². The molecule has 1 aliphatic rings. The second-order valence-electron chi connectivity index (χ2n) is 7.80. The van der Waals surface area contributed by atoms with Crippen LogP contribution in [0.3, 0.4) is 0 Å². The molecule has 8 heteroatoms. The van der Waals surface area contributed by atoms with Crippen LogP contribution in [-0.2, 0) is 9.53 Å². The number of ether oxygens (including phenoxy) is 4. The van der Waals surface area contributed by atoms with E-state index in [1.165, 1.54) is 7.11 Å². The van der Waals surface area contributed by atoms with Crippen molar-refractivity contribution in [1.29, 1.82) is 0 Å². The summed E-state index contributed by atoms with van der Waals surface area (Å²) >= 11 is 3.60. The Morgan fingerprint density at radius 3 is 2.18 bits per heavy atom. The van der Waals surface area contributed by atoms with Gasteiger partial charge < -0.3 is 24.3 Å². The molecule has 4 rings (SSSR count). The molecule has 1 aliphatic heterocycles. The smallest absolute Gasteiger partial charge is 0.319 e. The summed E-state index contributed by atoms with van der Waals surface area (Å²) in [6, 6.07) is 19.8. The molecule has 3 aromatic carbocycles. The highest BCUT2D eigenvalue weighted by atomic mass is 79.9. The number of nitrogens with one attached hydrogen (secondary N) is 1. The Morgan fingerprint density at radius 2 is 1.59 bits per heavy atom. The molecule has 0 spiro atoms. The van der Waals surface area contributed by atoms with E-state index in [0.29, 0.717) is 17.2 Å². The standard InChI is InChI=1S/C26H27BrN2O5/c1-31-21-12-17(13-22(32-2)25(21)34-4)26-28-20-11-10-18(27)14-19(20)24(16-8-6-5-7-9-16)29(26)15-23(30)33-3/h5-14,24,26,28H,15H2,1-4H3. The fourth-order valence-corrected chi connectivity index (χ4v) is 4.76. The van der Waals surface area contributed by atoms with E-state index in [0.717, 1.165) is 26.9 Å². The summed E-state index contributed by atoms with van der Waals surface area (Å²) in [6.45, 7) is 0.0658. The van der Waals surface area contributed by atoms with Crippen LogP contribution in [0.2, 0.25) is 0 Å². The molecule has 3 aromatic rings. The summed E-state index contributed by atoms with van der Waals surface area (Å²) in [4.78, 5) is 14.7. The summed E-state index contributed by atoms with van der Waals surface area (Å²) in [5.74, 6) is 1.25. The van der Waals surface area contributed by atoms with Crippen molar-refractivity contribution >= 4 is 27.6 Å². The molecule has 0 bridgehead atoms. The zero-order chi connectivity index (χ0) is 24.2. The van der Waals surface area contributed by atoms with Crippen molar-refractivity contribution < 1.29 is 23.7 Å². The van der Waals surface area contributed by atoms with Gasteiger partial charge in [0.2, 0.25) is 5.75 Å². The Hall–Kier alpha value is -3.23. The van der Waals surface area contributed by atoms with E-state index < -0.39 is 0 Å². The van der Waals surface area contributed by atoms with Gasteiger partial charge in [0.1, 0.15) is 6.17 Å². The predicted octanol–water partition coefficient (Wildman–Crippen LogP) is 5.16. The minimum Gasteiger partial charge on any atom is -0.493 e. The number of hydrogen-bond acceptors (Lipinski definition) is 7. The zero-order valence-corrected chi connectivity index (χ0v) is 21.1. The van der Waals surface area contributed by atoms with Crippen molar-refractivity contribution in [2.45, 2.75) is 12.2 Å². The summed E-state index contributed by atoms with van der Waals surface area (Å²) in [7, 11) is 6.14. The summed E-state index contributed by atoms with van der Waals surface area (Å²) in [5.41, 5.74) is 3.93. The Labute approximate surface area is 207 Å². The summed E-state index contributed by atoms with van der Waals surface area (Å²) in [5, 5.41) is 3.61. The lowest BCUT2D eigenvalue weighted by Gasteiger charge is -2.44. The maximum atomic E-state index is 12.6. The van der Waals surface area contributed by atoms with E-state index in [-0.39, 0.29) is 24.7 Å². The van der Waals surface area contributed by atoms with Crippen molar-refractivity contribution in [3.8, 4) is 17.2 Å². The van der Waals surface area contributed by atoms with E-state index >= 15 is 0 Å². The second kappa shape index (κ2) is 10.4. The number of carbonyl (C=O) groups excluding carboxylic acids is 1. The number of fused-ring (bicyclic) bond motifs is 1. The van der Waals surface area contributed by atoms with E-state index in [1.807, 2.05) is 42.5 Å². The molecule has 0 radical (unpaired) electrons. The number of esters is 1. The molecule has 1 N–H and O–H groups in total. The van der Waals surface area contributed by atoms with Crippen molar-refractivity contribution in [1.82, 2.24) is 4.90 Å². The van der Waals surface area contributed by atoms with Crippen molar-refractivity contribution in [2.75, 3.05) is 40.3 Å². The average Bonchev–Trinajstić information content (AvgIpc) is 2.87. The summed E-state index contributed by atoms with van der Waals surface area (Å²) < 4.78 is 22.7. The Balaban J connectivity index is 1.93. The number of anilines is 1. The number of hydrogen-bond donors (Lipinski definition) is 1. The van der Waals surface area contributed by atoms with Crippen LogP contribution in [0.1, 0.15) is 28.9 Å². The third kappa shape index (κ3) is 4.56. The molecule has 0 fully saturated rings. The van der Waals surface area contributed by atoms with Crippen LogP contribution < -0.4 is 19.5 Å². The fourth-order valence-electron chi connectivity index (χ4n) is 4.39. The van der Waals surface area contributed by atoms with Gasteiger partial charge in [0.15, 0.2) is 11.5 Å². The number of halogens is 1. The van der Waals surface area contributed by atoms with E-state index in [1.54, 1.807) is 21.3 Å². The largest absolute Gasteiger partial charge is 0.493 e. The van der Waals surface area contributed by atoms with Crippen LogP contribution in [0.4, 0.5) is 5.69 Å². The summed E-state index contributed by atoms with van der Waals surface area (Å²) in [6.07, 6.45) is -0.383. The molecule has 1 heterocycles. The minimum absolute atomic E-state index is 0.0658. The van der Waals surface area contributed by atoms with Crippen molar-refractivity contribution in [3.63, 3.8) is 0 Å². The molecule has 7 nitrogen and oxygen atoms in total. The molecular formula is C26H27BrN2O5. The first-order valence-corrected chi connectivity index (χ1v) is 11.5. The second-order valence-corrected chi connectivity index (χ2v) is 8.71. The van der Waals surface area contributed by atoms with Gasteiger partial charge in [-0.25, -0.2) is 0 Å². The van der Waals surface area contributed by atoms with Gasteiger partial charge in [-0.3, -0.25) is 9.69 Å². The highest BCUT2D eigenvalue weighted by Gasteiger charge is 2.38. The highest BCUT2D eigenvalue weighted by Crippen LogP contribution is 2.47. The van der Waals surface area contributed by atoms with Crippen molar-refractivity contribution in [3.05, 3.63) is 81.8 Å². The van der Waals surface area contributed by atoms with Crippen molar-refractivity contribution in [2.24, 2.45) is 0 Å². The van der Waals surface area contributed by atoms with Gasteiger partial charge in [-0.15, -0.1) is 0 Å². The molecule has 0 aromatic heterocycles. The molecule has 2 atom stereocenters. The number of methoxy groups -OCH3 is 4. The lowest BCUT2D eigenvalue weighted by atomic mass is 9.91. The number of nitrogens with zero attached hydrogens (tertiary/aromatic N) is 1. The normalized spacial score (nSPS) is 17.3. The molecule has 2 unspecified atom stereocenters. The Bertz CT molecular complexity index is 1150. The molecule has 0 amide bonds. The lowest BCUT2D eigenvalue weighted by Crippen LogP contribution is -2.44. The maximum absolute atomic E-state index is 12.6. The third-order valence-electron chi connectivity index (χ3n) is 5.92. The topological polar surface area (TPSA) is 69.3 Å². The van der Waals surface area contributed by atoms with Gasteiger partial charge in [-0.1, -0.05) is 46.3 Å². The quantitative estimate of drug-likeness (QED) is 0.426. The SMILES string of the molecule is COC(=O)CN1C(c2cc(OC)c(OC)c(OC)c2)Nc2ccc(Br)cc2C1c1ccccc1. The third-order valence-corrected chi connectivity index (χ3v) is 6.41. The molecule has 0 aliphatic carbocycles. The molecule has 34 heavy (non-hydrogen) atoms. The lowest BCUT2D eigenvalue weighted by molar-refractivity contribution is -0.143. The first-order chi connectivity index (χ1) is 16.5. The van der Waals surface area contributed by atoms with Crippen LogP contribution in [0, 0.1) is 0 Å². The molecular weight excluding hydrogens is 500 g/mol. The van der Waals surface area contributed by atoms with Gasteiger partial charge in [-0.2, -0.15) is 0 Å². The highest BCUT2D eigenvalue weighted by molar-refractivity contribution is 9.10. The van der Waals surface area contributed by atoms with Crippen LogP contribution in [-0.4, -0.2) is 45.9 Å². The predicted molar refractivity (Wildman–Crippen MR) is 134 cm³/mol. The van der Waals surface area contributed by atoms with Gasteiger partial charge in [0.25, 0.3) is 0 Å². The first kappa shape index (κ1) is 23.9. The van der Waals surface area contributed by atoms with Gasteiger partial charge in [0, 0.05) is 10.2 Å². The van der Waals surface area contributed by atoms with Crippen LogP contribution >= 0.6 is 15.9 Å². The fraction of sp³-hybridized carbons (Fsp3) is 0.269. The molecule has 0 saturated carbocycles. The maximum Gasteiger partial charge on any atom is 0.319 e. The van der Waals surface area contributed by atoms with Gasteiger partial charge in [0.05, 0.1) is 41.0 Å². The molecule has 178 valence electrons. The number of rotatable bonds is 7. The van der Waals surface area contributed by atoms with E-state index in [2.05, 4.69) is 44.3 Å².